The van der Waals surface area contributed by atoms with Crippen LogP contribution in [0, 0.1) is 46.3 Å². The molecule has 0 aromatic heterocycles. The standard InChI is InChI=1S/C20H34Se2/c1-11-7-13-15(19(13,3)4)9-17(11)21-22-18-10-16-14(8-12(18)2)20(16,5)6/h11-18H,7-10H2,1-6H3/t11-,12-,13+,14+,15-,16-,17+,18+/m1/s1. The van der Waals surface area contributed by atoms with E-state index in [1.165, 1.54) is 0 Å². The van der Waals surface area contributed by atoms with Crippen molar-refractivity contribution >= 4 is 26.3 Å². The van der Waals surface area contributed by atoms with Crippen LogP contribution in [0.3, 0.4) is 0 Å². The summed E-state index contributed by atoms with van der Waals surface area (Å²) in [5.74, 6) is 6.44. The van der Waals surface area contributed by atoms with Crippen LogP contribution in [-0.2, 0) is 0 Å². The number of hydrogen-bond acceptors (Lipinski definition) is 0. The van der Waals surface area contributed by atoms with Gasteiger partial charge < -0.3 is 0 Å². The molecule has 0 N–H and O–H groups in total. The molecule has 0 aromatic rings. The van der Waals surface area contributed by atoms with Crippen molar-refractivity contribution < 1.29 is 0 Å². The zero-order chi connectivity index (χ0) is 15.9. The van der Waals surface area contributed by atoms with Crippen LogP contribution in [0.5, 0.6) is 0 Å². The molecule has 0 bridgehead atoms. The van der Waals surface area contributed by atoms with E-state index in [1.54, 1.807) is 25.7 Å². The maximum absolute atomic E-state index is 2.58. The number of hydrogen-bond donors (Lipinski definition) is 0. The van der Waals surface area contributed by atoms with Crippen molar-refractivity contribution in [3.8, 4) is 0 Å². The van der Waals surface area contributed by atoms with Gasteiger partial charge in [0, 0.05) is 0 Å². The van der Waals surface area contributed by atoms with Crippen LogP contribution >= 0.6 is 0 Å². The molecule has 4 aliphatic rings. The van der Waals surface area contributed by atoms with Crippen LogP contribution in [0.1, 0.15) is 67.2 Å². The summed E-state index contributed by atoms with van der Waals surface area (Å²) in [6, 6.07) is 0. The molecule has 0 aliphatic heterocycles. The number of fused-ring (bicyclic) bond motifs is 2. The molecular formula is C20H34Se2. The van der Waals surface area contributed by atoms with E-state index in [-0.39, 0.29) is 0 Å². The van der Waals surface area contributed by atoms with Gasteiger partial charge in [-0.15, -0.1) is 0 Å². The van der Waals surface area contributed by atoms with Gasteiger partial charge in [0.05, 0.1) is 0 Å². The van der Waals surface area contributed by atoms with E-state index in [4.69, 9.17) is 0 Å². The van der Waals surface area contributed by atoms with Crippen molar-refractivity contribution in [1.82, 2.24) is 0 Å². The SMILES string of the molecule is C[C@@H]1C[C@H]2[C@@H](C[C@@H]1[Se][Se][C@H]1C[C@@H]3[C@H](C[C@H]1C)C3(C)C)C2(C)C. The minimum absolute atomic E-state index is 0.704. The first-order chi connectivity index (χ1) is 10.2. The van der Waals surface area contributed by atoms with E-state index in [9.17, 15) is 0 Å². The van der Waals surface area contributed by atoms with Crippen LogP contribution in [0.2, 0.25) is 9.63 Å². The fourth-order valence-corrected chi connectivity index (χ4v) is 18.1. The molecular weight excluding hydrogens is 398 g/mol. The van der Waals surface area contributed by atoms with Gasteiger partial charge in [-0.1, -0.05) is 0 Å². The molecule has 8 atom stereocenters. The molecule has 0 heterocycles. The average molecular weight is 432 g/mol. The van der Waals surface area contributed by atoms with Crippen molar-refractivity contribution in [1.29, 1.82) is 0 Å². The van der Waals surface area contributed by atoms with Crippen molar-refractivity contribution in [2.45, 2.75) is 76.9 Å². The van der Waals surface area contributed by atoms with Crippen molar-refractivity contribution in [3.05, 3.63) is 0 Å². The third-order valence-electron chi connectivity index (χ3n) is 8.37. The predicted molar refractivity (Wildman–Crippen MR) is 97.3 cm³/mol. The summed E-state index contributed by atoms with van der Waals surface area (Å²) in [6.45, 7) is 15.3. The molecule has 0 aromatic carbocycles. The molecule has 126 valence electrons. The van der Waals surface area contributed by atoms with E-state index in [0.717, 1.165) is 71.4 Å². The molecule has 4 fully saturated rings. The zero-order valence-corrected chi connectivity index (χ0v) is 18.7. The Labute approximate surface area is 149 Å². The second kappa shape index (κ2) is 5.27. The second-order valence-corrected chi connectivity index (χ2v) is 17.8. The topological polar surface area (TPSA) is 0 Å². The predicted octanol–water partition coefficient (Wildman–Crippen LogP) is 5.29. The maximum atomic E-state index is 2.58. The van der Waals surface area contributed by atoms with Gasteiger partial charge >= 0.3 is 149 Å². The Kier molecular flexibility index (Phi) is 3.95. The first kappa shape index (κ1) is 16.5. The van der Waals surface area contributed by atoms with E-state index in [0.29, 0.717) is 10.8 Å². The fourth-order valence-electron chi connectivity index (χ4n) is 6.07. The third-order valence-corrected chi connectivity index (χ3v) is 19.0. The Morgan fingerprint density at radius 2 is 0.909 bits per heavy atom. The molecule has 0 nitrogen and oxygen atoms in total. The molecule has 22 heavy (non-hydrogen) atoms. The van der Waals surface area contributed by atoms with E-state index in [2.05, 4.69) is 41.5 Å². The Balaban J connectivity index is 1.31. The Hall–Kier alpha value is 1.04. The fraction of sp³-hybridized carbons (Fsp3) is 1.00. The molecule has 4 aliphatic carbocycles. The molecule has 0 amide bonds. The minimum atomic E-state index is 0.704. The van der Waals surface area contributed by atoms with Gasteiger partial charge in [-0.25, -0.2) is 0 Å². The normalized spacial score (nSPS) is 54.3. The third kappa shape index (κ3) is 2.51. The molecule has 4 rings (SSSR count). The Bertz CT molecular complexity index is 413. The first-order valence-corrected chi connectivity index (χ1v) is 15.9. The monoisotopic (exact) mass is 434 g/mol. The summed E-state index contributed by atoms with van der Waals surface area (Å²) in [7, 11) is 0. The Morgan fingerprint density at radius 3 is 1.27 bits per heavy atom. The number of rotatable bonds is 3. The van der Waals surface area contributed by atoms with Gasteiger partial charge in [-0.3, -0.25) is 0 Å². The van der Waals surface area contributed by atoms with E-state index >= 15 is 0 Å². The zero-order valence-electron chi connectivity index (χ0n) is 15.3. The van der Waals surface area contributed by atoms with Crippen LogP contribution < -0.4 is 0 Å². The molecule has 0 saturated heterocycles. The van der Waals surface area contributed by atoms with Gasteiger partial charge in [-0.05, 0) is 0 Å². The molecule has 0 radical (unpaired) electrons. The van der Waals surface area contributed by atoms with E-state index < -0.39 is 0 Å². The van der Waals surface area contributed by atoms with Gasteiger partial charge in [0.1, 0.15) is 0 Å². The van der Waals surface area contributed by atoms with Crippen molar-refractivity contribution in [2.24, 2.45) is 46.3 Å². The van der Waals surface area contributed by atoms with Crippen molar-refractivity contribution in [3.63, 3.8) is 0 Å². The van der Waals surface area contributed by atoms with Crippen LogP contribution in [0.4, 0.5) is 0 Å². The van der Waals surface area contributed by atoms with Crippen LogP contribution in [0.15, 0.2) is 0 Å². The molecule has 0 unspecified atom stereocenters. The quantitative estimate of drug-likeness (QED) is 0.532. The summed E-state index contributed by atoms with van der Waals surface area (Å²) in [5, 5.41) is 0. The van der Waals surface area contributed by atoms with Crippen LogP contribution in [0.25, 0.3) is 0 Å². The average Bonchev–Trinajstić information content (AvgIpc) is 3.18. The van der Waals surface area contributed by atoms with Crippen molar-refractivity contribution in [2.75, 3.05) is 0 Å². The molecule has 4 saturated carbocycles. The summed E-state index contributed by atoms with van der Waals surface area (Å²) in [6.07, 6.45) is 6.30. The van der Waals surface area contributed by atoms with Gasteiger partial charge in [0.2, 0.25) is 0 Å². The summed E-state index contributed by atoms with van der Waals surface area (Å²) in [5.41, 5.74) is 1.41. The summed E-state index contributed by atoms with van der Waals surface area (Å²) < 4.78 is 0. The van der Waals surface area contributed by atoms with Gasteiger partial charge in [0.15, 0.2) is 0 Å². The molecule has 2 heteroatoms. The van der Waals surface area contributed by atoms with Crippen LogP contribution in [-0.4, -0.2) is 26.3 Å². The first-order valence-electron chi connectivity index (χ1n) is 9.55. The molecule has 0 spiro atoms. The van der Waals surface area contributed by atoms with Gasteiger partial charge in [-0.2, -0.15) is 0 Å². The second-order valence-electron chi connectivity index (χ2n) is 10.2. The van der Waals surface area contributed by atoms with Gasteiger partial charge in [0.25, 0.3) is 0 Å². The summed E-state index contributed by atoms with van der Waals surface area (Å²) >= 11 is 1.95. The summed E-state index contributed by atoms with van der Waals surface area (Å²) in [4.78, 5) is 2.26. The van der Waals surface area contributed by atoms with E-state index in [1.807, 2.05) is 0 Å². The Morgan fingerprint density at radius 1 is 0.591 bits per heavy atom.